The number of anilines is 1. The minimum atomic E-state index is 0. The number of amidine groups is 1. The van der Waals surface area contributed by atoms with Gasteiger partial charge in [-0.15, -0.1) is 0 Å². The zero-order valence-corrected chi connectivity index (χ0v) is 16.5. The molecule has 1 N–H and O–H groups in total. The van der Waals surface area contributed by atoms with Crippen LogP contribution in [0, 0.1) is 0 Å². The second-order valence-electron chi connectivity index (χ2n) is 6.39. The Labute approximate surface area is 160 Å². The van der Waals surface area contributed by atoms with Crippen LogP contribution in [0.15, 0.2) is 54.6 Å². The lowest BCUT2D eigenvalue weighted by atomic mass is 9.98. The molecular weight excluding hydrogens is 384 g/mol. The van der Waals surface area contributed by atoms with Crippen LogP contribution in [0.5, 0.6) is 0 Å². The van der Waals surface area contributed by atoms with Crippen LogP contribution in [0.3, 0.4) is 0 Å². The Hall–Kier alpha value is -1.32. The van der Waals surface area contributed by atoms with Gasteiger partial charge in [-0.1, -0.05) is 35.9 Å². The highest BCUT2D eigenvalue weighted by molar-refractivity contribution is 6.31. The van der Waals surface area contributed by atoms with Crippen LogP contribution in [0.4, 0.5) is 5.69 Å². The fraction of sp³-hybridized carbons (Fsp3) is 0.350. The summed E-state index contributed by atoms with van der Waals surface area (Å²) in [5.74, 6) is 1.17. The van der Waals surface area contributed by atoms with E-state index in [0.29, 0.717) is 12.1 Å². The SMILES string of the molecule is CC1CCCC(C)[N+]1=C(Nc1cccc(Cl)c1)c1ccccc1.[Br-]. The normalized spacial score (nSPS) is 20.2. The van der Waals surface area contributed by atoms with E-state index in [9.17, 15) is 0 Å². The third kappa shape index (κ3) is 4.40. The number of piperidine rings is 1. The minimum absolute atomic E-state index is 0. The highest BCUT2D eigenvalue weighted by Gasteiger charge is 2.29. The Morgan fingerprint density at radius 3 is 2.29 bits per heavy atom. The summed E-state index contributed by atoms with van der Waals surface area (Å²) in [5.41, 5.74) is 2.24. The van der Waals surface area contributed by atoms with E-state index in [1.165, 1.54) is 30.7 Å². The molecule has 1 saturated heterocycles. The molecule has 0 aliphatic carbocycles. The summed E-state index contributed by atoms with van der Waals surface area (Å²) in [6.45, 7) is 4.64. The van der Waals surface area contributed by atoms with Crippen molar-refractivity contribution in [2.45, 2.75) is 45.2 Å². The van der Waals surface area contributed by atoms with Gasteiger partial charge in [-0.05, 0) is 57.4 Å². The molecule has 0 spiro atoms. The maximum atomic E-state index is 6.15. The van der Waals surface area contributed by atoms with Gasteiger partial charge in [0.05, 0.1) is 17.6 Å². The van der Waals surface area contributed by atoms with Crippen molar-refractivity contribution in [1.29, 1.82) is 0 Å². The van der Waals surface area contributed by atoms with Crippen LogP contribution in [0.2, 0.25) is 5.02 Å². The Bertz CT molecular complexity index is 688. The molecule has 2 aromatic rings. The van der Waals surface area contributed by atoms with Crippen molar-refractivity contribution in [3.63, 3.8) is 0 Å². The summed E-state index contributed by atoms with van der Waals surface area (Å²) >= 11 is 6.15. The molecule has 0 aromatic heterocycles. The van der Waals surface area contributed by atoms with E-state index in [1.807, 2.05) is 18.2 Å². The van der Waals surface area contributed by atoms with Crippen molar-refractivity contribution < 1.29 is 21.6 Å². The Morgan fingerprint density at radius 2 is 1.67 bits per heavy atom. The highest BCUT2D eigenvalue weighted by Crippen LogP contribution is 2.22. The molecule has 1 heterocycles. The van der Waals surface area contributed by atoms with E-state index in [-0.39, 0.29) is 17.0 Å². The van der Waals surface area contributed by atoms with Crippen molar-refractivity contribution in [1.82, 2.24) is 0 Å². The maximum Gasteiger partial charge on any atom is 0.282 e. The smallest absolute Gasteiger partial charge is 0.282 e. The zero-order chi connectivity index (χ0) is 16.2. The number of hydrogen-bond acceptors (Lipinski definition) is 0. The lowest BCUT2D eigenvalue weighted by Gasteiger charge is -2.29. The molecule has 3 rings (SSSR count). The molecule has 2 nitrogen and oxygen atoms in total. The summed E-state index contributed by atoms with van der Waals surface area (Å²) in [6.07, 6.45) is 3.77. The first kappa shape index (κ1) is 19.0. The van der Waals surface area contributed by atoms with Gasteiger partial charge < -0.3 is 17.0 Å². The van der Waals surface area contributed by atoms with Gasteiger partial charge in [-0.25, -0.2) is 5.32 Å². The lowest BCUT2D eigenvalue weighted by molar-refractivity contribution is -0.604. The molecule has 24 heavy (non-hydrogen) atoms. The van der Waals surface area contributed by atoms with Crippen LogP contribution in [-0.2, 0) is 0 Å². The van der Waals surface area contributed by atoms with Gasteiger partial charge in [-0.2, -0.15) is 0 Å². The van der Waals surface area contributed by atoms with E-state index in [2.05, 4.69) is 60.1 Å². The van der Waals surface area contributed by atoms with E-state index in [0.717, 1.165) is 10.7 Å². The topological polar surface area (TPSA) is 15.0 Å². The molecule has 4 heteroatoms. The first-order chi connectivity index (χ1) is 11.1. The third-order valence-corrected chi connectivity index (χ3v) is 4.82. The standard InChI is InChI=1S/C20H23ClN2.BrH/c1-15-8-6-9-16(2)23(15)20(17-10-4-3-5-11-17)22-19-13-7-12-18(21)14-19;/h3-5,7,10-16H,6,8-9H2,1-2H3;1H. The Kier molecular flexibility index (Phi) is 6.88. The molecule has 1 fully saturated rings. The second kappa shape index (κ2) is 8.68. The van der Waals surface area contributed by atoms with Gasteiger partial charge in [0.25, 0.3) is 5.84 Å². The lowest BCUT2D eigenvalue weighted by Crippen LogP contribution is -3.00. The molecule has 0 radical (unpaired) electrons. The molecule has 0 bridgehead atoms. The summed E-state index contributed by atoms with van der Waals surface area (Å²) < 4.78 is 2.53. The van der Waals surface area contributed by atoms with Gasteiger partial charge >= 0.3 is 0 Å². The van der Waals surface area contributed by atoms with Gasteiger partial charge in [0.2, 0.25) is 0 Å². The monoisotopic (exact) mass is 406 g/mol. The van der Waals surface area contributed by atoms with Crippen molar-refractivity contribution in [2.75, 3.05) is 5.32 Å². The maximum absolute atomic E-state index is 6.15. The minimum Gasteiger partial charge on any atom is -1.00 e. The Balaban J connectivity index is 0.00000208. The molecule has 2 unspecified atom stereocenters. The third-order valence-electron chi connectivity index (χ3n) is 4.59. The molecular formula is C20H24BrClN2. The predicted molar refractivity (Wildman–Crippen MR) is 98.7 cm³/mol. The number of benzene rings is 2. The predicted octanol–water partition coefficient (Wildman–Crippen LogP) is 2.18. The van der Waals surface area contributed by atoms with E-state index >= 15 is 0 Å². The number of hydrogen-bond donors (Lipinski definition) is 1. The molecule has 1 aliphatic heterocycles. The fourth-order valence-corrected chi connectivity index (χ4v) is 3.64. The molecule has 0 amide bonds. The number of nitrogens with zero attached hydrogens (tertiary/aromatic N) is 1. The quantitative estimate of drug-likeness (QED) is 0.596. The van der Waals surface area contributed by atoms with Crippen molar-refractivity contribution in [3.05, 3.63) is 65.2 Å². The highest BCUT2D eigenvalue weighted by atomic mass is 79.9. The van der Waals surface area contributed by atoms with Gasteiger partial charge in [0.15, 0.2) is 0 Å². The van der Waals surface area contributed by atoms with Crippen LogP contribution in [0.1, 0.15) is 38.7 Å². The average molecular weight is 408 g/mol. The van der Waals surface area contributed by atoms with Crippen LogP contribution < -0.4 is 22.3 Å². The molecule has 0 saturated carbocycles. The van der Waals surface area contributed by atoms with Crippen molar-refractivity contribution in [3.8, 4) is 0 Å². The number of rotatable bonds is 2. The number of nitrogens with one attached hydrogen (secondary N) is 1. The van der Waals surface area contributed by atoms with Crippen LogP contribution >= 0.6 is 11.6 Å². The zero-order valence-electron chi connectivity index (χ0n) is 14.2. The fourth-order valence-electron chi connectivity index (χ4n) is 3.45. The van der Waals surface area contributed by atoms with Crippen molar-refractivity contribution >= 4 is 23.1 Å². The summed E-state index contributed by atoms with van der Waals surface area (Å²) in [6, 6.07) is 19.6. The van der Waals surface area contributed by atoms with Gasteiger partial charge in [-0.3, -0.25) is 4.58 Å². The molecule has 1 aliphatic rings. The van der Waals surface area contributed by atoms with Crippen LogP contribution in [0.25, 0.3) is 0 Å². The number of halogens is 2. The Morgan fingerprint density at radius 1 is 1.00 bits per heavy atom. The van der Waals surface area contributed by atoms with E-state index in [1.54, 1.807) is 0 Å². The first-order valence-electron chi connectivity index (χ1n) is 8.38. The van der Waals surface area contributed by atoms with E-state index in [4.69, 9.17) is 11.6 Å². The van der Waals surface area contributed by atoms with Gasteiger partial charge in [0, 0.05) is 11.1 Å². The average Bonchev–Trinajstić information content (AvgIpc) is 2.54. The summed E-state index contributed by atoms with van der Waals surface area (Å²) in [5, 5.41) is 4.38. The van der Waals surface area contributed by atoms with Gasteiger partial charge in [0.1, 0.15) is 5.69 Å². The second-order valence-corrected chi connectivity index (χ2v) is 6.82. The molecule has 2 atom stereocenters. The summed E-state index contributed by atoms with van der Waals surface area (Å²) in [4.78, 5) is 0. The van der Waals surface area contributed by atoms with E-state index < -0.39 is 0 Å². The van der Waals surface area contributed by atoms with Crippen LogP contribution in [-0.4, -0.2) is 22.5 Å². The first-order valence-corrected chi connectivity index (χ1v) is 8.76. The van der Waals surface area contributed by atoms with Crippen molar-refractivity contribution in [2.24, 2.45) is 0 Å². The molecule has 2 aromatic carbocycles. The summed E-state index contributed by atoms with van der Waals surface area (Å²) in [7, 11) is 0. The largest absolute Gasteiger partial charge is 1.00 e. The molecule has 128 valence electrons.